The fourth-order valence-corrected chi connectivity index (χ4v) is 28.4. The van der Waals surface area contributed by atoms with Gasteiger partial charge in [0.05, 0.1) is 21.2 Å². The second kappa shape index (κ2) is 41.0. The van der Waals surface area contributed by atoms with Crippen LogP contribution in [0.1, 0.15) is 87.0 Å². The highest BCUT2D eigenvalue weighted by molar-refractivity contribution is 9.08. The number of amides is 2. The highest BCUT2D eigenvalue weighted by Crippen LogP contribution is 2.48. The number of pyridine rings is 2. The predicted molar refractivity (Wildman–Crippen MR) is 511 cm³/mol. The third kappa shape index (κ3) is 20.4. The zero-order chi connectivity index (χ0) is 89.4. The fourth-order valence-electron chi connectivity index (χ4n) is 15.9. The van der Waals surface area contributed by atoms with Crippen molar-refractivity contribution in [3.8, 4) is 33.8 Å². The molecule has 2 amide bonds. The highest BCUT2D eigenvalue weighted by Gasteiger charge is 2.54. The summed E-state index contributed by atoms with van der Waals surface area (Å²) in [4.78, 5) is 60.9. The number of halogens is 1. The van der Waals surface area contributed by atoms with E-state index in [0.29, 0.717) is 50.1 Å². The molecular weight excluding hydrogens is 1750 g/mol. The molecule has 2 aromatic heterocycles. The summed E-state index contributed by atoms with van der Waals surface area (Å²) >= 11 is 8.94. The number of aromatic nitrogens is 2. The standard InChI is InChI=1S/C49H51N3O7S2Si.C28H31BrN2O3SSi.C21H21NO4S/c1-7-30-57-47(53)43(51-48(54)58-31-42-39-24-16-14-22-37(39)38-23-15-17-25-40(38)42)33-60-32-34-26-27-41-45(61(55,56)52(5)6)29-28-44(46(41)50-34)59-62(49(2,3)4,35-18-10-8-11-19-35)36-20-12-9-13-21-36;1-28(2,3)36(22-12-8-6-9-13-22,23-14-10-7-11-15-23)34-25-18-19-26(35(32,33)31(4)5)24-17-16-21(20-29)30-27(24)25;1-2-11-25-20(23)19(13-27)22-21(24)26-12-18-16-9-5-3-7-14(16)15-8-4-6-10-17(15)18/h7-29,42-43H,1,30-33H2,2-6H3,(H,51,54);6-19H,20H2,1-5H3;2-10,18-19,27H,1,11-13H2,(H,22,24)/t43-;;19-/m0.0/s1. The van der Waals surface area contributed by atoms with Gasteiger partial charge in [0.1, 0.15) is 61.0 Å². The van der Waals surface area contributed by atoms with Gasteiger partial charge in [-0.25, -0.2) is 54.6 Å². The van der Waals surface area contributed by atoms with Crippen molar-refractivity contribution in [1.82, 2.24) is 29.2 Å². The molecule has 27 heteroatoms. The molecule has 2 aliphatic rings. The predicted octanol–water partition coefficient (Wildman–Crippen LogP) is 17.2. The van der Waals surface area contributed by atoms with Crippen LogP contribution in [-0.4, -0.2) is 154 Å². The number of hydrogen-bond acceptors (Lipinski definition) is 18. The van der Waals surface area contributed by atoms with Crippen molar-refractivity contribution in [1.29, 1.82) is 0 Å². The largest absolute Gasteiger partial charge is 0.533 e. The van der Waals surface area contributed by atoms with Gasteiger partial charge in [-0.05, 0) is 124 Å². The van der Waals surface area contributed by atoms with Crippen LogP contribution in [0.15, 0.2) is 302 Å². The van der Waals surface area contributed by atoms with E-state index in [-0.39, 0.29) is 69.6 Å². The maximum absolute atomic E-state index is 13.7. The number of alkyl halides is 1. The molecule has 0 fully saturated rings. The number of esters is 2. The van der Waals surface area contributed by atoms with Crippen LogP contribution in [-0.2, 0) is 59.7 Å². The second-order valence-electron chi connectivity index (χ2n) is 32.3. The van der Waals surface area contributed by atoms with E-state index < -0.39 is 72.9 Å². The summed E-state index contributed by atoms with van der Waals surface area (Å²) in [5.74, 6) is 0.227. The maximum atomic E-state index is 13.7. The number of fused-ring (bicyclic) bond motifs is 8. The van der Waals surface area contributed by atoms with Crippen LogP contribution in [0.2, 0.25) is 10.1 Å². The molecule has 2 aliphatic carbocycles. The van der Waals surface area contributed by atoms with Gasteiger partial charge in [0.25, 0.3) is 0 Å². The Kier molecular flexibility index (Phi) is 30.5. The Balaban J connectivity index is 0.000000190. The first-order valence-electron chi connectivity index (χ1n) is 40.8. The van der Waals surface area contributed by atoms with Gasteiger partial charge >= 0.3 is 40.8 Å². The topological polar surface area (TPSA) is 248 Å². The van der Waals surface area contributed by atoms with Crippen molar-refractivity contribution >= 4 is 144 Å². The Hall–Kier alpha value is -11.0. The summed E-state index contributed by atoms with van der Waals surface area (Å²) in [5, 5.41) is 10.5. The average Bonchev–Trinajstić information content (AvgIpc) is 1.58. The molecule has 0 bridgehead atoms. The molecule has 2 heterocycles. The molecular formula is C98H103BrN6O14S4Si2. The van der Waals surface area contributed by atoms with Crippen LogP contribution in [0.3, 0.4) is 0 Å². The lowest BCUT2D eigenvalue weighted by Crippen LogP contribution is -2.68. The van der Waals surface area contributed by atoms with Crippen molar-refractivity contribution < 1.29 is 63.8 Å². The van der Waals surface area contributed by atoms with E-state index in [4.69, 9.17) is 37.8 Å². The molecule has 0 radical (unpaired) electrons. The van der Waals surface area contributed by atoms with E-state index in [1.54, 1.807) is 36.4 Å². The quantitative estimate of drug-likeness (QED) is 0.00945. The molecule has 14 rings (SSSR count). The minimum atomic E-state index is -3.87. The molecule has 10 aromatic carbocycles. The Labute approximate surface area is 753 Å². The third-order valence-corrected chi connectivity index (χ3v) is 37.6. The van der Waals surface area contributed by atoms with Gasteiger partial charge in [0.2, 0.25) is 20.0 Å². The SMILES string of the molecule is C=CCOC(=O)[C@H](CS)NC(=O)OCC1c2ccccc2-c2ccccc21.C=CCOC(=O)[C@H](CSCc1ccc2c(S(=O)(=O)N(C)C)ccc(O[Si](c3ccccc3)(c3ccccc3)C(C)(C)C)c2n1)NC(=O)OCC1c2ccccc2-c2ccccc21.CN(C)S(=O)(=O)c1ccc(O[Si](c2ccccc2)(c2ccccc2)C(C)(C)C)c2nc(CBr)ccc12. The van der Waals surface area contributed by atoms with E-state index in [1.807, 2.05) is 158 Å². The molecule has 0 saturated heterocycles. The summed E-state index contributed by atoms with van der Waals surface area (Å²) in [6.07, 6.45) is 1.51. The molecule has 2 N–H and O–H groups in total. The van der Waals surface area contributed by atoms with Crippen LogP contribution >= 0.6 is 40.3 Å². The first-order chi connectivity index (χ1) is 59.9. The highest BCUT2D eigenvalue weighted by atomic mass is 79.9. The smallest absolute Gasteiger partial charge is 0.407 e. The minimum absolute atomic E-state index is 0.0229. The normalized spacial score (nSPS) is 13.1. The summed E-state index contributed by atoms with van der Waals surface area (Å²) in [5.41, 5.74) is 11.3. The van der Waals surface area contributed by atoms with Gasteiger partial charge in [-0.1, -0.05) is 301 Å². The van der Waals surface area contributed by atoms with Crippen molar-refractivity contribution in [3.63, 3.8) is 0 Å². The molecule has 0 spiro atoms. The van der Waals surface area contributed by atoms with Crippen LogP contribution in [0.4, 0.5) is 9.59 Å². The van der Waals surface area contributed by atoms with Crippen molar-refractivity contribution in [2.24, 2.45) is 0 Å². The van der Waals surface area contributed by atoms with E-state index in [2.05, 4.69) is 167 Å². The number of sulfonamides is 2. The van der Waals surface area contributed by atoms with Crippen molar-refractivity contribution in [2.75, 3.05) is 66.1 Å². The number of carbonyl (C=O) groups excluding carboxylic acids is 4. The van der Waals surface area contributed by atoms with Crippen LogP contribution in [0.5, 0.6) is 11.5 Å². The van der Waals surface area contributed by atoms with Gasteiger partial charge in [0, 0.05) is 73.4 Å². The van der Waals surface area contributed by atoms with Crippen molar-refractivity contribution in [3.05, 3.63) is 326 Å². The monoisotopic (exact) mass is 1850 g/mol. The molecule has 125 heavy (non-hydrogen) atoms. The minimum Gasteiger partial charge on any atom is -0.533 e. The lowest BCUT2D eigenvalue weighted by Gasteiger charge is -2.43. The first kappa shape index (κ1) is 93.2. The van der Waals surface area contributed by atoms with E-state index >= 15 is 0 Å². The van der Waals surface area contributed by atoms with E-state index in [0.717, 1.165) is 70.9 Å². The summed E-state index contributed by atoms with van der Waals surface area (Å²) < 4.78 is 92.3. The molecule has 0 unspecified atom stereocenters. The zero-order valence-electron chi connectivity index (χ0n) is 71.5. The van der Waals surface area contributed by atoms with Crippen LogP contribution in [0, 0.1) is 0 Å². The number of ether oxygens (including phenoxy) is 4. The number of alkyl carbamates (subject to hydrolysis) is 2. The number of carbonyl (C=O) groups is 4. The van der Waals surface area contributed by atoms with Crippen LogP contribution < -0.4 is 40.2 Å². The summed E-state index contributed by atoms with van der Waals surface area (Å²) in [6.45, 7) is 20.6. The molecule has 20 nitrogen and oxygen atoms in total. The second-order valence-corrected chi connectivity index (χ2v) is 47.0. The lowest BCUT2D eigenvalue weighted by atomic mass is 9.98. The molecule has 0 saturated carbocycles. The maximum Gasteiger partial charge on any atom is 0.407 e. The molecule has 0 aliphatic heterocycles. The van der Waals surface area contributed by atoms with Gasteiger partial charge in [-0.15, -0.1) is 0 Å². The number of hydrogen-bond donors (Lipinski definition) is 3. The molecule has 12 aromatic rings. The number of thioether (sulfide) groups is 1. The van der Waals surface area contributed by atoms with Gasteiger partial charge < -0.3 is 38.4 Å². The van der Waals surface area contributed by atoms with Gasteiger partial charge in [-0.2, -0.15) is 24.4 Å². The molecule has 2 atom stereocenters. The lowest BCUT2D eigenvalue weighted by molar-refractivity contribution is -0.144. The Bertz CT molecular complexity index is 5940. The number of nitrogens with zero attached hydrogens (tertiary/aromatic N) is 4. The van der Waals surface area contributed by atoms with Crippen molar-refractivity contribution in [2.45, 2.75) is 96.4 Å². The first-order valence-corrected chi connectivity index (χ1v) is 50.4. The fraction of sp³-hybridized carbons (Fsp3) is 0.245. The average molecular weight is 1850 g/mol. The Morgan fingerprint density at radius 1 is 0.456 bits per heavy atom. The Morgan fingerprint density at radius 3 is 1.10 bits per heavy atom. The molecule has 648 valence electrons. The van der Waals surface area contributed by atoms with Gasteiger partial charge in [-0.3, -0.25) is 0 Å². The number of benzene rings is 10. The zero-order valence-corrected chi connectivity index (χ0v) is 78.4. The summed E-state index contributed by atoms with van der Waals surface area (Å²) in [6, 6.07) is 85.5. The Morgan fingerprint density at radius 2 is 0.776 bits per heavy atom. The third-order valence-electron chi connectivity index (χ3n) is 21.9. The van der Waals surface area contributed by atoms with Crippen LogP contribution in [0.25, 0.3) is 44.1 Å². The number of rotatable bonds is 30. The number of nitrogens with one attached hydrogen (secondary N) is 2. The summed E-state index contributed by atoms with van der Waals surface area (Å²) in [7, 11) is -7.57. The van der Waals surface area contributed by atoms with Gasteiger partial charge in [0.15, 0.2) is 0 Å². The van der Waals surface area contributed by atoms with E-state index in [1.165, 1.54) is 60.7 Å². The van der Waals surface area contributed by atoms with E-state index in [9.17, 15) is 36.0 Å². The number of thiol groups is 1.